The molecule has 2 heterocycles. The highest BCUT2D eigenvalue weighted by atomic mass is 35.5. The minimum atomic E-state index is 0.715. The minimum Gasteiger partial charge on any atom is -0.312 e. The zero-order valence-electron chi connectivity index (χ0n) is 10.7. The summed E-state index contributed by atoms with van der Waals surface area (Å²) in [6.07, 6.45) is 5.33. The second kappa shape index (κ2) is 5.60. The molecule has 2 fully saturated rings. The summed E-state index contributed by atoms with van der Waals surface area (Å²) in [4.78, 5) is 2.66. The van der Waals surface area contributed by atoms with E-state index in [-0.39, 0.29) is 0 Å². The molecule has 0 spiro atoms. The standard InChI is InChI=1S/C15H21ClN2/c16-13-5-3-4-12(10-13)11-18-9-2-1-6-14-15(18)7-8-17-14/h3-5,10,14-15,17H,1-2,6-9,11H2. The van der Waals surface area contributed by atoms with Gasteiger partial charge in [-0.2, -0.15) is 0 Å². The fraction of sp³-hybridized carbons (Fsp3) is 0.600. The first-order valence-corrected chi connectivity index (χ1v) is 7.42. The molecule has 0 aliphatic carbocycles. The molecule has 1 aromatic carbocycles. The molecule has 0 amide bonds. The lowest BCUT2D eigenvalue weighted by Gasteiger charge is -2.30. The van der Waals surface area contributed by atoms with E-state index in [1.165, 1.54) is 44.3 Å². The molecule has 3 rings (SSSR count). The second-order valence-corrected chi connectivity index (χ2v) is 5.95. The van der Waals surface area contributed by atoms with Crippen molar-refractivity contribution >= 4 is 11.6 Å². The van der Waals surface area contributed by atoms with E-state index in [9.17, 15) is 0 Å². The lowest BCUT2D eigenvalue weighted by Crippen LogP contribution is -2.41. The van der Waals surface area contributed by atoms with Crippen LogP contribution in [0.25, 0.3) is 0 Å². The van der Waals surface area contributed by atoms with E-state index in [4.69, 9.17) is 11.6 Å². The monoisotopic (exact) mass is 264 g/mol. The Balaban J connectivity index is 1.73. The van der Waals surface area contributed by atoms with Crippen molar-refractivity contribution in [2.75, 3.05) is 13.1 Å². The molecule has 2 atom stereocenters. The van der Waals surface area contributed by atoms with Gasteiger partial charge in [-0.3, -0.25) is 4.90 Å². The van der Waals surface area contributed by atoms with E-state index in [1.54, 1.807) is 0 Å². The van der Waals surface area contributed by atoms with E-state index in [0.29, 0.717) is 6.04 Å². The quantitative estimate of drug-likeness (QED) is 0.883. The number of benzene rings is 1. The predicted molar refractivity (Wildman–Crippen MR) is 75.9 cm³/mol. The molecule has 0 aromatic heterocycles. The summed E-state index contributed by atoms with van der Waals surface area (Å²) in [5.41, 5.74) is 1.34. The zero-order valence-corrected chi connectivity index (χ0v) is 11.5. The van der Waals surface area contributed by atoms with Crippen LogP contribution in [0.3, 0.4) is 0 Å². The van der Waals surface area contributed by atoms with E-state index in [0.717, 1.165) is 17.6 Å². The fourth-order valence-corrected chi connectivity index (χ4v) is 3.61. The molecule has 0 bridgehead atoms. The number of nitrogens with one attached hydrogen (secondary N) is 1. The molecule has 2 unspecified atom stereocenters. The van der Waals surface area contributed by atoms with Crippen LogP contribution in [0.1, 0.15) is 31.2 Å². The molecule has 1 N–H and O–H groups in total. The highest BCUT2D eigenvalue weighted by molar-refractivity contribution is 6.30. The largest absolute Gasteiger partial charge is 0.312 e. The second-order valence-electron chi connectivity index (χ2n) is 5.51. The molecule has 98 valence electrons. The molecule has 2 saturated heterocycles. The van der Waals surface area contributed by atoms with E-state index in [2.05, 4.69) is 28.4 Å². The Morgan fingerprint density at radius 3 is 3.11 bits per heavy atom. The average molecular weight is 265 g/mol. The molecule has 1 aromatic rings. The Morgan fingerprint density at radius 2 is 2.22 bits per heavy atom. The summed E-state index contributed by atoms with van der Waals surface area (Å²) in [5.74, 6) is 0. The molecule has 3 heteroatoms. The Labute approximate surface area is 114 Å². The lowest BCUT2D eigenvalue weighted by molar-refractivity contribution is 0.186. The Hall–Kier alpha value is -0.570. The smallest absolute Gasteiger partial charge is 0.0409 e. The van der Waals surface area contributed by atoms with Gasteiger partial charge >= 0.3 is 0 Å². The highest BCUT2D eigenvalue weighted by Gasteiger charge is 2.32. The summed E-state index contributed by atoms with van der Waals surface area (Å²) in [6.45, 7) is 3.46. The van der Waals surface area contributed by atoms with E-state index >= 15 is 0 Å². The fourth-order valence-electron chi connectivity index (χ4n) is 3.40. The summed E-state index contributed by atoms with van der Waals surface area (Å²) < 4.78 is 0. The van der Waals surface area contributed by atoms with Gasteiger partial charge in [-0.15, -0.1) is 0 Å². The van der Waals surface area contributed by atoms with Gasteiger partial charge in [0.2, 0.25) is 0 Å². The van der Waals surface area contributed by atoms with Gasteiger partial charge in [0.05, 0.1) is 0 Å². The van der Waals surface area contributed by atoms with Crippen LogP contribution in [-0.4, -0.2) is 30.1 Å². The van der Waals surface area contributed by atoms with Crippen LogP contribution in [0.5, 0.6) is 0 Å². The van der Waals surface area contributed by atoms with Crippen molar-refractivity contribution < 1.29 is 0 Å². The van der Waals surface area contributed by atoms with Crippen LogP contribution in [0, 0.1) is 0 Å². The summed E-state index contributed by atoms with van der Waals surface area (Å²) >= 11 is 6.08. The first-order valence-electron chi connectivity index (χ1n) is 7.05. The van der Waals surface area contributed by atoms with Crippen molar-refractivity contribution in [2.45, 2.75) is 44.3 Å². The van der Waals surface area contributed by atoms with E-state index < -0.39 is 0 Å². The maximum atomic E-state index is 6.08. The zero-order chi connectivity index (χ0) is 12.4. The number of hydrogen-bond donors (Lipinski definition) is 1. The maximum Gasteiger partial charge on any atom is 0.0409 e. The van der Waals surface area contributed by atoms with Crippen molar-refractivity contribution in [3.8, 4) is 0 Å². The van der Waals surface area contributed by atoms with Gasteiger partial charge in [0.25, 0.3) is 0 Å². The molecule has 0 radical (unpaired) electrons. The number of hydrogen-bond acceptors (Lipinski definition) is 2. The third kappa shape index (κ3) is 2.71. The van der Waals surface area contributed by atoms with Crippen molar-refractivity contribution in [2.24, 2.45) is 0 Å². The van der Waals surface area contributed by atoms with Gasteiger partial charge in [-0.05, 0) is 50.0 Å². The number of rotatable bonds is 2. The van der Waals surface area contributed by atoms with Crippen molar-refractivity contribution in [1.29, 1.82) is 0 Å². The molecule has 18 heavy (non-hydrogen) atoms. The predicted octanol–water partition coefficient (Wildman–Crippen LogP) is 3.06. The van der Waals surface area contributed by atoms with Crippen LogP contribution in [0.15, 0.2) is 24.3 Å². The Kier molecular flexibility index (Phi) is 3.88. The number of halogens is 1. The van der Waals surface area contributed by atoms with Crippen molar-refractivity contribution in [3.05, 3.63) is 34.9 Å². The molecule has 2 nitrogen and oxygen atoms in total. The number of likely N-dealkylation sites (tertiary alicyclic amines) is 1. The van der Waals surface area contributed by atoms with Gasteiger partial charge in [-0.25, -0.2) is 0 Å². The van der Waals surface area contributed by atoms with Gasteiger partial charge in [0.1, 0.15) is 0 Å². The number of fused-ring (bicyclic) bond motifs is 1. The molecular weight excluding hydrogens is 244 g/mol. The van der Waals surface area contributed by atoms with Gasteiger partial charge < -0.3 is 5.32 Å². The summed E-state index contributed by atoms with van der Waals surface area (Å²) in [6, 6.07) is 9.74. The van der Waals surface area contributed by atoms with E-state index in [1.807, 2.05) is 6.07 Å². The van der Waals surface area contributed by atoms with Crippen LogP contribution in [-0.2, 0) is 6.54 Å². The average Bonchev–Trinajstić information content (AvgIpc) is 2.74. The van der Waals surface area contributed by atoms with Crippen LogP contribution < -0.4 is 5.32 Å². The Morgan fingerprint density at radius 1 is 1.28 bits per heavy atom. The maximum absolute atomic E-state index is 6.08. The highest BCUT2D eigenvalue weighted by Crippen LogP contribution is 2.25. The molecule has 0 saturated carbocycles. The molecule has 2 aliphatic heterocycles. The van der Waals surface area contributed by atoms with Gasteiger partial charge in [-0.1, -0.05) is 30.2 Å². The topological polar surface area (TPSA) is 15.3 Å². The Bertz CT molecular complexity index is 407. The van der Waals surface area contributed by atoms with Gasteiger partial charge in [0, 0.05) is 23.7 Å². The van der Waals surface area contributed by atoms with Crippen LogP contribution >= 0.6 is 11.6 Å². The van der Waals surface area contributed by atoms with Gasteiger partial charge in [0.15, 0.2) is 0 Å². The third-order valence-electron chi connectivity index (χ3n) is 4.27. The first kappa shape index (κ1) is 12.5. The first-order chi connectivity index (χ1) is 8.83. The lowest BCUT2D eigenvalue weighted by atomic mass is 10.0. The molecule has 2 aliphatic rings. The number of nitrogens with zero attached hydrogens (tertiary/aromatic N) is 1. The van der Waals surface area contributed by atoms with Crippen molar-refractivity contribution in [1.82, 2.24) is 10.2 Å². The van der Waals surface area contributed by atoms with Crippen LogP contribution in [0.4, 0.5) is 0 Å². The van der Waals surface area contributed by atoms with Crippen LogP contribution in [0.2, 0.25) is 5.02 Å². The normalized spacial score (nSPS) is 28.9. The molecular formula is C15H21ClN2. The third-order valence-corrected chi connectivity index (χ3v) is 4.50. The summed E-state index contributed by atoms with van der Waals surface area (Å²) in [7, 11) is 0. The van der Waals surface area contributed by atoms with Crippen molar-refractivity contribution in [3.63, 3.8) is 0 Å². The SMILES string of the molecule is Clc1cccc(CN2CCCCC3NCCC32)c1. The summed E-state index contributed by atoms with van der Waals surface area (Å²) in [5, 5.41) is 4.51. The minimum absolute atomic E-state index is 0.715.